The van der Waals surface area contributed by atoms with Crippen molar-refractivity contribution in [2.45, 2.75) is 32.1 Å². The van der Waals surface area contributed by atoms with Crippen molar-refractivity contribution >= 4 is 21.6 Å². The zero-order valence-corrected chi connectivity index (χ0v) is 8.86. The monoisotopic (exact) mass is 205 g/mol. The summed E-state index contributed by atoms with van der Waals surface area (Å²) in [5.74, 6) is 0. The summed E-state index contributed by atoms with van der Waals surface area (Å²) in [5, 5.41) is 1.36. The Labute approximate surface area is 87.0 Å². The second-order valence-electron chi connectivity index (χ2n) is 3.85. The van der Waals surface area contributed by atoms with Gasteiger partial charge in [0.15, 0.2) is 0 Å². The smallest absolute Gasteiger partial charge is 0.250 e. The summed E-state index contributed by atoms with van der Waals surface area (Å²) in [7, 11) is 0. The van der Waals surface area contributed by atoms with Gasteiger partial charge in [-0.1, -0.05) is 17.8 Å². The average molecular weight is 205 g/mol. The lowest BCUT2D eigenvalue weighted by atomic mass is 10.1. The second-order valence-corrected chi connectivity index (χ2v) is 4.94. The van der Waals surface area contributed by atoms with Crippen molar-refractivity contribution < 1.29 is 4.98 Å². The highest BCUT2D eigenvalue weighted by atomic mass is 32.1. The van der Waals surface area contributed by atoms with Crippen LogP contribution in [-0.2, 0) is 12.8 Å². The number of fused-ring (bicyclic) bond motifs is 3. The highest BCUT2D eigenvalue weighted by Crippen LogP contribution is 2.33. The van der Waals surface area contributed by atoms with E-state index in [9.17, 15) is 0 Å². The molecule has 0 amide bonds. The Morgan fingerprint density at radius 2 is 2.14 bits per heavy atom. The molecule has 0 unspecified atom stereocenters. The molecule has 14 heavy (non-hydrogen) atoms. The van der Waals surface area contributed by atoms with Crippen LogP contribution in [0, 0.1) is 0 Å². The number of hydrogen-bond acceptors (Lipinski definition) is 2. The summed E-state index contributed by atoms with van der Waals surface area (Å²) in [6.07, 6.45) is 10.5. The molecule has 0 aromatic carbocycles. The first-order valence-corrected chi connectivity index (χ1v) is 6.03. The molecule has 3 heteroatoms. The average Bonchev–Trinajstić information content (AvgIpc) is 2.42. The zero-order chi connectivity index (χ0) is 9.38. The van der Waals surface area contributed by atoms with Crippen LogP contribution in [0.4, 0.5) is 0 Å². The Morgan fingerprint density at radius 1 is 1.21 bits per heavy atom. The quantitative estimate of drug-likeness (QED) is 0.607. The molecule has 2 heterocycles. The molecule has 0 spiro atoms. The molecular weight excluding hydrogens is 192 g/mol. The van der Waals surface area contributed by atoms with Crippen molar-refractivity contribution in [2.75, 3.05) is 0 Å². The van der Waals surface area contributed by atoms with Gasteiger partial charge < -0.3 is 0 Å². The molecule has 1 aliphatic carbocycles. The molecule has 0 atom stereocenters. The number of thiophene rings is 1. The molecule has 1 aliphatic rings. The first-order valence-electron chi connectivity index (χ1n) is 5.21. The number of rotatable bonds is 0. The van der Waals surface area contributed by atoms with E-state index in [0.29, 0.717) is 0 Å². The van der Waals surface area contributed by atoms with E-state index in [0.717, 1.165) is 0 Å². The summed E-state index contributed by atoms with van der Waals surface area (Å²) in [5.41, 5.74) is 1.56. The minimum Gasteiger partial charge on any atom is -0.250 e. The van der Waals surface area contributed by atoms with Crippen molar-refractivity contribution in [3.8, 4) is 0 Å². The van der Waals surface area contributed by atoms with Gasteiger partial charge in [-0.3, -0.25) is 0 Å². The molecule has 0 saturated heterocycles. The summed E-state index contributed by atoms with van der Waals surface area (Å²) < 4.78 is 0. The molecule has 2 nitrogen and oxygen atoms in total. The van der Waals surface area contributed by atoms with E-state index in [1.807, 2.05) is 11.3 Å². The van der Waals surface area contributed by atoms with E-state index in [1.54, 1.807) is 16.8 Å². The maximum absolute atomic E-state index is 4.38. The first-order chi connectivity index (χ1) is 6.95. The number of nitrogens with one attached hydrogen (secondary N) is 1. The van der Waals surface area contributed by atoms with Gasteiger partial charge in [-0.25, -0.2) is 4.98 Å². The fourth-order valence-electron chi connectivity index (χ4n) is 2.21. The summed E-state index contributed by atoms with van der Waals surface area (Å²) in [6.45, 7) is 0. The van der Waals surface area contributed by atoms with Crippen LogP contribution >= 0.6 is 11.3 Å². The van der Waals surface area contributed by atoms with E-state index in [1.165, 1.54) is 42.3 Å². The molecule has 72 valence electrons. The minimum absolute atomic E-state index is 1.20. The number of aromatic amines is 1. The third kappa shape index (κ3) is 1.23. The van der Waals surface area contributed by atoms with E-state index >= 15 is 0 Å². The lowest BCUT2D eigenvalue weighted by Gasteiger charge is -1.94. The highest BCUT2D eigenvalue weighted by molar-refractivity contribution is 7.18. The predicted molar refractivity (Wildman–Crippen MR) is 57.4 cm³/mol. The number of hydrogen-bond donors (Lipinski definition) is 0. The third-order valence-electron chi connectivity index (χ3n) is 2.93. The van der Waals surface area contributed by atoms with Crippen LogP contribution < -0.4 is 4.98 Å². The van der Waals surface area contributed by atoms with Crippen LogP contribution in [0.2, 0.25) is 0 Å². The number of H-pyrrole nitrogens is 1. The molecular formula is C11H13N2S+. The molecule has 2 aromatic rings. The Balaban J connectivity index is 2.24. The Bertz CT molecular complexity index is 461. The van der Waals surface area contributed by atoms with Gasteiger partial charge in [-0.05, 0) is 36.2 Å². The van der Waals surface area contributed by atoms with Gasteiger partial charge in [0.25, 0.3) is 6.33 Å². The van der Waals surface area contributed by atoms with Gasteiger partial charge in [-0.15, -0.1) is 0 Å². The molecule has 0 radical (unpaired) electrons. The van der Waals surface area contributed by atoms with Crippen molar-refractivity contribution in [3.05, 3.63) is 23.0 Å². The van der Waals surface area contributed by atoms with Crippen molar-refractivity contribution in [2.24, 2.45) is 0 Å². The van der Waals surface area contributed by atoms with Gasteiger partial charge >= 0.3 is 0 Å². The largest absolute Gasteiger partial charge is 0.285 e. The molecule has 3 rings (SSSR count). The van der Waals surface area contributed by atoms with Gasteiger partial charge in [0.2, 0.25) is 4.83 Å². The highest BCUT2D eigenvalue weighted by Gasteiger charge is 2.17. The van der Waals surface area contributed by atoms with Crippen LogP contribution in [0.25, 0.3) is 10.2 Å². The normalized spacial score (nSPS) is 16.6. The molecule has 0 fully saturated rings. The molecule has 0 bridgehead atoms. The molecule has 0 saturated carbocycles. The number of nitrogens with zero attached hydrogens (tertiary/aromatic N) is 1. The lowest BCUT2D eigenvalue weighted by molar-refractivity contribution is -0.380. The molecule has 0 aliphatic heterocycles. The van der Waals surface area contributed by atoms with Gasteiger partial charge in [0, 0.05) is 4.88 Å². The second kappa shape index (κ2) is 3.31. The SMILES string of the molecule is c1nc2sc3c(c2c[nH+]1)CCCCC3. The van der Waals surface area contributed by atoms with Crippen LogP contribution in [0.15, 0.2) is 12.5 Å². The van der Waals surface area contributed by atoms with E-state index in [4.69, 9.17) is 0 Å². The minimum atomic E-state index is 1.20. The Morgan fingerprint density at radius 3 is 3.14 bits per heavy atom. The maximum Gasteiger partial charge on any atom is 0.285 e. The van der Waals surface area contributed by atoms with Gasteiger partial charge in [-0.2, -0.15) is 0 Å². The first kappa shape index (κ1) is 8.36. The maximum atomic E-state index is 4.38. The Kier molecular flexibility index (Phi) is 1.98. The summed E-state index contributed by atoms with van der Waals surface area (Å²) >= 11 is 1.88. The van der Waals surface area contributed by atoms with Crippen molar-refractivity contribution in [1.82, 2.24) is 4.98 Å². The van der Waals surface area contributed by atoms with Crippen molar-refractivity contribution in [1.29, 1.82) is 0 Å². The standard InChI is InChI=1S/C11H12N2S/c1-2-4-8-9-6-12-7-13-11(9)14-10(8)5-3-1/h6-7H,1-5H2/p+1. The summed E-state index contributed by atoms with van der Waals surface area (Å²) in [6, 6.07) is 0. The fourth-order valence-corrected chi connectivity index (χ4v) is 3.43. The number of aromatic nitrogens is 2. The van der Waals surface area contributed by atoms with Crippen LogP contribution in [0.5, 0.6) is 0 Å². The zero-order valence-electron chi connectivity index (χ0n) is 8.05. The number of aryl methyl sites for hydroxylation is 2. The Hall–Kier alpha value is -0.960. The van der Waals surface area contributed by atoms with Crippen LogP contribution in [0.3, 0.4) is 0 Å². The topological polar surface area (TPSA) is 27.0 Å². The van der Waals surface area contributed by atoms with Gasteiger partial charge in [0.05, 0.1) is 5.39 Å². The van der Waals surface area contributed by atoms with E-state index < -0.39 is 0 Å². The molecule has 2 aromatic heterocycles. The summed E-state index contributed by atoms with van der Waals surface area (Å²) in [4.78, 5) is 10.2. The fraction of sp³-hybridized carbons (Fsp3) is 0.455. The van der Waals surface area contributed by atoms with Crippen LogP contribution in [0.1, 0.15) is 29.7 Å². The third-order valence-corrected chi connectivity index (χ3v) is 4.14. The molecule has 1 N–H and O–H groups in total. The van der Waals surface area contributed by atoms with E-state index in [-0.39, 0.29) is 0 Å². The van der Waals surface area contributed by atoms with Gasteiger partial charge in [0.1, 0.15) is 6.20 Å². The lowest BCUT2D eigenvalue weighted by Crippen LogP contribution is -2.00. The van der Waals surface area contributed by atoms with Crippen molar-refractivity contribution in [3.63, 3.8) is 0 Å². The van der Waals surface area contributed by atoms with Crippen LogP contribution in [-0.4, -0.2) is 4.98 Å². The van der Waals surface area contributed by atoms with E-state index in [2.05, 4.69) is 16.2 Å². The predicted octanol–water partition coefficient (Wildman–Crippen LogP) is 2.38.